The third-order valence-electron chi connectivity index (χ3n) is 5.97. The Hall–Kier alpha value is -2.13. The van der Waals surface area contributed by atoms with Gasteiger partial charge in [0.2, 0.25) is 0 Å². The Labute approximate surface area is 191 Å². The lowest BCUT2D eigenvalue weighted by atomic mass is 9.77. The smallest absolute Gasteiger partial charge is 0.119 e. The number of hydrogen-bond acceptors (Lipinski definition) is 2. The molecule has 30 heavy (non-hydrogen) atoms. The van der Waals surface area contributed by atoms with Crippen molar-refractivity contribution in [2.75, 3.05) is 5.32 Å². The average molecular weight is 457 g/mol. The molecule has 0 saturated heterocycles. The van der Waals surface area contributed by atoms with Gasteiger partial charge in [0.15, 0.2) is 0 Å². The van der Waals surface area contributed by atoms with Crippen LogP contribution in [0.15, 0.2) is 72.8 Å². The molecule has 5 heteroatoms. The van der Waals surface area contributed by atoms with Crippen molar-refractivity contribution < 1.29 is 4.74 Å². The second-order valence-electron chi connectivity index (χ2n) is 7.76. The highest BCUT2D eigenvalue weighted by Crippen LogP contribution is 2.55. The standard InChI is InChI=1S/C25H20Cl3NO/c26-20-13-21(27)25-22(23(20)28)18-7-4-8-19(18)24(29-25)16-9-11-17(12-10-16)30-14-15-5-2-1-3-6-15/h1-7,9-13,18-19,24,29H,8,14H2. The molecule has 0 saturated carbocycles. The van der Waals surface area contributed by atoms with Crippen LogP contribution in [0.5, 0.6) is 5.75 Å². The Morgan fingerprint density at radius 1 is 0.933 bits per heavy atom. The molecule has 1 N–H and O–H groups in total. The van der Waals surface area contributed by atoms with Crippen LogP contribution in [-0.4, -0.2) is 0 Å². The molecule has 1 heterocycles. The lowest BCUT2D eigenvalue weighted by molar-refractivity contribution is 0.306. The molecule has 2 aliphatic rings. The molecule has 3 aromatic carbocycles. The Bertz CT molecular complexity index is 1100. The van der Waals surface area contributed by atoms with E-state index in [0.717, 1.165) is 29.0 Å². The normalized spacial score (nSPS) is 21.6. The summed E-state index contributed by atoms with van der Waals surface area (Å²) in [6.07, 6.45) is 5.43. The Kier molecular flexibility index (Phi) is 5.41. The first-order valence-corrected chi connectivity index (χ1v) is 11.1. The lowest BCUT2D eigenvalue weighted by Crippen LogP contribution is -2.29. The highest BCUT2D eigenvalue weighted by Gasteiger charge is 2.40. The minimum atomic E-state index is 0.135. The minimum absolute atomic E-state index is 0.135. The van der Waals surface area contributed by atoms with E-state index in [1.807, 2.05) is 30.3 Å². The molecule has 0 amide bonds. The van der Waals surface area contributed by atoms with Crippen LogP contribution in [0.2, 0.25) is 15.1 Å². The maximum atomic E-state index is 6.57. The van der Waals surface area contributed by atoms with Crippen LogP contribution in [0.25, 0.3) is 0 Å². The molecule has 1 aliphatic heterocycles. The number of halogens is 3. The van der Waals surface area contributed by atoms with E-state index in [2.05, 4.69) is 41.7 Å². The molecule has 3 unspecified atom stereocenters. The molecular weight excluding hydrogens is 437 g/mol. The van der Waals surface area contributed by atoms with Gasteiger partial charge in [-0.15, -0.1) is 0 Å². The minimum Gasteiger partial charge on any atom is -0.489 e. The monoisotopic (exact) mass is 455 g/mol. The van der Waals surface area contributed by atoms with Crippen molar-refractivity contribution in [3.05, 3.63) is 105 Å². The number of anilines is 1. The number of rotatable bonds is 4. The summed E-state index contributed by atoms with van der Waals surface area (Å²) >= 11 is 19.4. The van der Waals surface area contributed by atoms with Crippen molar-refractivity contribution in [3.63, 3.8) is 0 Å². The highest BCUT2D eigenvalue weighted by atomic mass is 35.5. The first-order valence-electron chi connectivity index (χ1n) is 9.99. The van der Waals surface area contributed by atoms with Gasteiger partial charge in [0.25, 0.3) is 0 Å². The number of fused-ring (bicyclic) bond motifs is 3. The van der Waals surface area contributed by atoms with E-state index in [-0.39, 0.29) is 12.0 Å². The highest BCUT2D eigenvalue weighted by molar-refractivity contribution is 6.44. The predicted octanol–water partition coefficient (Wildman–Crippen LogP) is 8.05. The molecule has 3 aromatic rings. The van der Waals surface area contributed by atoms with Gasteiger partial charge in [0.1, 0.15) is 12.4 Å². The summed E-state index contributed by atoms with van der Waals surface area (Å²) in [6, 6.07) is 20.3. The maximum Gasteiger partial charge on any atom is 0.119 e. The van der Waals surface area contributed by atoms with Gasteiger partial charge in [-0.2, -0.15) is 0 Å². The average Bonchev–Trinajstić information content (AvgIpc) is 3.26. The van der Waals surface area contributed by atoms with E-state index in [1.165, 1.54) is 5.56 Å². The molecule has 0 spiro atoms. The first-order chi connectivity index (χ1) is 14.6. The van der Waals surface area contributed by atoms with Crippen LogP contribution in [0.4, 0.5) is 5.69 Å². The molecule has 5 rings (SSSR count). The SMILES string of the molecule is Clc1cc(Cl)c2c(c1Cl)C1C=CCC1C(c1ccc(OCc3ccccc3)cc1)N2. The summed E-state index contributed by atoms with van der Waals surface area (Å²) < 4.78 is 5.94. The van der Waals surface area contributed by atoms with E-state index < -0.39 is 0 Å². The zero-order valence-corrected chi connectivity index (χ0v) is 18.4. The van der Waals surface area contributed by atoms with Gasteiger partial charge in [-0.05, 0) is 41.7 Å². The molecule has 0 bridgehead atoms. The molecular formula is C25H20Cl3NO. The third kappa shape index (κ3) is 3.58. The summed E-state index contributed by atoms with van der Waals surface area (Å²) in [7, 11) is 0. The number of nitrogens with one attached hydrogen (secondary N) is 1. The van der Waals surface area contributed by atoms with Gasteiger partial charge >= 0.3 is 0 Å². The first kappa shape index (κ1) is 19.8. The maximum absolute atomic E-state index is 6.57. The largest absolute Gasteiger partial charge is 0.489 e. The summed E-state index contributed by atoms with van der Waals surface area (Å²) in [5.41, 5.74) is 4.24. The fourth-order valence-electron chi connectivity index (χ4n) is 4.50. The molecule has 3 atom stereocenters. The van der Waals surface area contributed by atoms with Crippen molar-refractivity contribution >= 4 is 40.5 Å². The second-order valence-corrected chi connectivity index (χ2v) is 8.95. The Balaban J connectivity index is 1.40. The predicted molar refractivity (Wildman–Crippen MR) is 125 cm³/mol. The quantitative estimate of drug-likeness (QED) is 0.317. The summed E-state index contributed by atoms with van der Waals surface area (Å²) in [5, 5.41) is 5.34. The van der Waals surface area contributed by atoms with Gasteiger partial charge in [0, 0.05) is 11.5 Å². The van der Waals surface area contributed by atoms with Crippen LogP contribution in [0.1, 0.15) is 35.1 Å². The van der Waals surface area contributed by atoms with Crippen LogP contribution in [0.3, 0.4) is 0 Å². The fraction of sp³-hybridized carbons (Fsp3) is 0.200. The Morgan fingerprint density at radius 2 is 1.70 bits per heavy atom. The van der Waals surface area contributed by atoms with Gasteiger partial charge in [0.05, 0.1) is 26.8 Å². The van der Waals surface area contributed by atoms with Crippen LogP contribution < -0.4 is 10.1 Å². The van der Waals surface area contributed by atoms with Gasteiger partial charge < -0.3 is 10.1 Å². The summed E-state index contributed by atoms with van der Waals surface area (Å²) in [4.78, 5) is 0. The lowest BCUT2D eigenvalue weighted by Gasteiger charge is -2.38. The molecule has 1 aliphatic carbocycles. The molecule has 0 aromatic heterocycles. The van der Waals surface area contributed by atoms with Crippen LogP contribution in [-0.2, 0) is 6.61 Å². The fourth-order valence-corrected chi connectivity index (χ4v) is 5.31. The van der Waals surface area contributed by atoms with E-state index in [0.29, 0.717) is 27.6 Å². The number of benzene rings is 3. The number of ether oxygens (including phenoxy) is 1. The van der Waals surface area contributed by atoms with Gasteiger partial charge in [-0.25, -0.2) is 0 Å². The topological polar surface area (TPSA) is 21.3 Å². The number of allylic oxidation sites excluding steroid dienone is 2. The second kappa shape index (κ2) is 8.19. The van der Waals surface area contributed by atoms with Crippen molar-refractivity contribution in [2.24, 2.45) is 5.92 Å². The van der Waals surface area contributed by atoms with E-state index >= 15 is 0 Å². The van der Waals surface area contributed by atoms with Crippen molar-refractivity contribution in [1.82, 2.24) is 0 Å². The zero-order valence-electron chi connectivity index (χ0n) is 16.1. The van der Waals surface area contributed by atoms with Gasteiger partial charge in [-0.3, -0.25) is 0 Å². The zero-order chi connectivity index (χ0) is 20.7. The van der Waals surface area contributed by atoms with Crippen LogP contribution in [0, 0.1) is 5.92 Å². The summed E-state index contributed by atoms with van der Waals surface area (Å²) in [5.74, 6) is 1.41. The van der Waals surface area contributed by atoms with E-state index in [9.17, 15) is 0 Å². The Morgan fingerprint density at radius 3 is 2.47 bits per heavy atom. The van der Waals surface area contributed by atoms with E-state index in [4.69, 9.17) is 39.5 Å². The third-order valence-corrected chi connectivity index (χ3v) is 7.07. The van der Waals surface area contributed by atoms with Crippen LogP contribution >= 0.6 is 34.8 Å². The summed E-state index contributed by atoms with van der Waals surface area (Å²) in [6.45, 7) is 0.554. The van der Waals surface area contributed by atoms with Crippen molar-refractivity contribution in [3.8, 4) is 5.75 Å². The molecule has 2 nitrogen and oxygen atoms in total. The molecule has 0 fully saturated rings. The molecule has 0 radical (unpaired) electrons. The molecule has 152 valence electrons. The van der Waals surface area contributed by atoms with Crippen molar-refractivity contribution in [2.45, 2.75) is 25.0 Å². The van der Waals surface area contributed by atoms with Gasteiger partial charge in [-0.1, -0.05) is 89.4 Å². The van der Waals surface area contributed by atoms with Crippen molar-refractivity contribution in [1.29, 1.82) is 0 Å². The van der Waals surface area contributed by atoms with E-state index in [1.54, 1.807) is 6.07 Å². The number of hydrogen-bond donors (Lipinski definition) is 1.